The SMILES string of the molecule is Cc1ccc2c(-c3cc(C)c(F)c(C)c3C)ncnc2c1. The Morgan fingerprint density at radius 2 is 1.67 bits per heavy atom. The van der Waals surface area contributed by atoms with Crippen molar-refractivity contribution in [3.05, 3.63) is 58.7 Å². The van der Waals surface area contributed by atoms with E-state index < -0.39 is 0 Å². The van der Waals surface area contributed by atoms with Crippen LogP contribution in [-0.2, 0) is 0 Å². The molecule has 1 aromatic heterocycles. The third-order valence-corrected chi connectivity index (χ3v) is 4.05. The summed E-state index contributed by atoms with van der Waals surface area (Å²) in [5.74, 6) is -0.134. The lowest BCUT2D eigenvalue weighted by molar-refractivity contribution is 0.608. The lowest BCUT2D eigenvalue weighted by atomic mass is 9.95. The summed E-state index contributed by atoms with van der Waals surface area (Å²) in [5.41, 5.74) is 6.18. The molecule has 0 aliphatic heterocycles. The molecule has 106 valence electrons. The fraction of sp³-hybridized carbons (Fsp3) is 0.222. The highest BCUT2D eigenvalue weighted by Crippen LogP contribution is 2.32. The van der Waals surface area contributed by atoms with Gasteiger partial charge in [0.25, 0.3) is 0 Å². The zero-order valence-corrected chi connectivity index (χ0v) is 12.7. The maximum atomic E-state index is 14.0. The number of halogens is 1. The minimum atomic E-state index is -0.134. The van der Waals surface area contributed by atoms with Gasteiger partial charge in [-0.25, -0.2) is 14.4 Å². The number of rotatable bonds is 1. The lowest BCUT2D eigenvalue weighted by Crippen LogP contribution is -1.98. The molecular formula is C18H17FN2. The van der Waals surface area contributed by atoms with Gasteiger partial charge in [-0.05, 0) is 62.1 Å². The molecule has 1 heterocycles. The van der Waals surface area contributed by atoms with Gasteiger partial charge < -0.3 is 0 Å². The molecule has 0 spiro atoms. The van der Waals surface area contributed by atoms with E-state index >= 15 is 0 Å². The zero-order valence-electron chi connectivity index (χ0n) is 12.7. The van der Waals surface area contributed by atoms with Gasteiger partial charge >= 0.3 is 0 Å². The van der Waals surface area contributed by atoms with E-state index in [-0.39, 0.29) is 5.82 Å². The van der Waals surface area contributed by atoms with E-state index in [2.05, 4.69) is 9.97 Å². The van der Waals surface area contributed by atoms with Crippen LogP contribution >= 0.6 is 0 Å². The fourth-order valence-corrected chi connectivity index (χ4v) is 2.68. The van der Waals surface area contributed by atoms with Crippen molar-refractivity contribution in [2.45, 2.75) is 27.7 Å². The quantitative estimate of drug-likeness (QED) is 0.647. The Bertz CT molecular complexity index is 853. The van der Waals surface area contributed by atoms with E-state index in [1.54, 1.807) is 13.3 Å². The molecular weight excluding hydrogens is 263 g/mol. The Kier molecular flexibility index (Phi) is 3.20. The van der Waals surface area contributed by atoms with Gasteiger partial charge in [0, 0.05) is 10.9 Å². The summed E-state index contributed by atoms with van der Waals surface area (Å²) in [6, 6.07) is 8.00. The first-order valence-corrected chi connectivity index (χ1v) is 6.97. The topological polar surface area (TPSA) is 25.8 Å². The number of nitrogens with zero attached hydrogens (tertiary/aromatic N) is 2. The van der Waals surface area contributed by atoms with Gasteiger partial charge in [-0.3, -0.25) is 0 Å². The maximum Gasteiger partial charge on any atom is 0.129 e. The van der Waals surface area contributed by atoms with E-state index in [1.165, 1.54) is 0 Å². The van der Waals surface area contributed by atoms with Crippen LogP contribution in [0.1, 0.15) is 22.3 Å². The standard InChI is InChI=1S/C18H17FN2/c1-10-5-6-14-16(7-10)20-9-21-18(14)15-8-11(2)17(19)13(4)12(15)3/h5-9H,1-4H3. The second-order valence-electron chi connectivity index (χ2n) is 5.55. The number of benzene rings is 2. The van der Waals surface area contributed by atoms with Crippen LogP contribution in [0, 0.1) is 33.5 Å². The molecule has 2 aromatic carbocycles. The molecule has 3 rings (SSSR count). The van der Waals surface area contributed by atoms with Crippen LogP contribution in [0.15, 0.2) is 30.6 Å². The highest BCUT2D eigenvalue weighted by molar-refractivity contribution is 5.93. The third-order valence-electron chi connectivity index (χ3n) is 4.05. The average Bonchev–Trinajstić information content (AvgIpc) is 2.48. The molecule has 2 nitrogen and oxygen atoms in total. The first-order valence-electron chi connectivity index (χ1n) is 6.97. The molecule has 0 bridgehead atoms. The fourth-order valence-electron chi connectivity index (χ4n) is 2.68. The molecule has 0 aliphatic rings. The minimum absolute atomic E-state index is 0.134. The molecule has 0 unspecified atom stereocenters. The van der Waals surface area contributed by atoms with Crippen LogP contribution in [-0.4, -0.2) is 9.97 Å². The van der Waals surface area contributed by atoms with E-state index in [9.17, 15) is 4.39 Å². The average molecular weight is 280 g/mol. The van der Waals surface area contributed by atoms with Crippen molar-refractivity contribution in [2.24, 2.45) is 0 Å². The van der Waals surface area contributed by atoms with Gasteiger partial charge in [0.05, 0.1) is 11.2 Å². The van der Waals surface area contributed by atoms with Gasteiger partial charge in [0.1, 0.15) is 12.1 Å². The van der Waals surface area contributed by atoms with E-state index in [4.69, 9.17) is 0 Å². The van der Waals surface area contributed by atoms with Crippen molar-refractivity contribution in [1.82, 2.24) is 9.97 Å². The van der Waals surface area contributed by atoms with E-state index in [0.29, 0.717) is 11.1 Å². The molecule has 0 saturated heterocycles. The number of hydrogen-bond acceptors (Lipinski definition) is 2. The van der Waals surface area contributed by atoms with Crippen LogP contribution in [0.25, 0.3) is 22.2 Å². The van der Waals surface area contributed by atoms with Gasteiger partial charge in [0.2, 0.25) is 0 Å². The number of aryl methyl sites for hydroxylation is 2. The number of hydrogen-bond donors (Lipinski definition) is 0. The molecule has 3 aromatic rings. The molecule has 21 heavy (non-hydrogen) atoms. The summed E-state index contributed by atoms with van der Waals surface area (Å²) in [6.45, 7) is 7.58. The summed E-state index contributed by atoms with van der Waals surface area (Å²) >= 11 is 0. The number of aromatic nitrogens is 2. The molecule has 3 heteroatoms. The summed E-state index contributed by atoms with van der Waals surface area (Å²) in [7, 11) is 0. The zero-order chi connectivity index (χ0) is 15.1. The van der Waals surface area contributed by atoms with E-state index in [0.717, 1.165) is 33.3 Å². The summed E-state index contributed by atoms with van der Waals surface area (Å²) in [5, 5.41) is 0.997. The molecule has 0 N–H and O–H groups in total. The van der Waals surface area contributed by atoms with Crippen LogP contribution in [0.4, 0.5) is 4.39 Å². The second kappa shape index (κ2) is 4.92. The Morgan fingerprint density at radius 1 is 0.905 bits per heavy atom. The maximum absolute atomic E-state index is 14.0. The minimum Gasteiger partial charge on any atom is -0.236 e. The van der Waals surface area contributed by atoms with Crippen molar-refractivity contribution in [1.29, 1.82) is 0 Å². The van der Waals surface area contributed by atoms with Crippen LogP contribution in [0.3, 0.4) is 0 Å². The molecule has 0 saturated carbocycles. The van der Waals surface area contributed by atoms with Crippen LogP contribution in [0.5, 0.6) is 0 Å². The van der Waals surface area contributed by atoms with Crippen molar-refractivity contribution < 1.29 is 4.39 Å². The monoisotopic (exact) mass is 280 g/mol. The Morgan fingerprint density at radius 3 is 2.43 bits per heavy atom. The first-order chi connectivity index (χ1) is 9.99. The highest BCUT2D eigenvalue weighted by Gasteiger charge is 2.14. The smallest absolute Gasteiger partial charge is 0.129 e. The summed E-state index contributed by atoms with van der Waals surface area (Å²) in [6.07, 6.45) is 1.57. The second-order valence-corrected chi connectivity index (χ2v) is 5.55. The van der Waals surface area contributed by atoms with Gasteiger partial charge in [-0.2, -0.15) is 0 Å². The molecule has 0 atom stereocenters. The predicted octanol–water partition coefficient (Wildman–Crippen LogP) is 4.67. The summed E-state index contributed by atoms with van der Waals surface area (Å²) in [4.78, 5) is 8.78. The third kappa shape index (κ3) is 2.19. The molecule has 0 radical (unpaired) electrons. The number of fused-ring (bicyclic) bond motifs is 1. The highest BCUT2D eigenvalue weighted by atomic mass is 19.1. The lowest BCUT2D eigenvalue weighted by Gasteiger charge is -2.13. The van der Waals surface area contributed by atoms with Crippen molar-refractivity contribution in [2.75, 3.05) is 0 Å². The summed E-state index contributed by atoms with van der Waals surface area (Å²) < 4.78 is 14.0. The Hall–Kier alpha value is -2.29. The first kappa shape index (κ1) is 13.7. The molecule has 0 fully saturated rings. The largest absolute Gasteiger partial charge is 0.236 e. The van der Waals surface area contributed by atoms with Gasteiger partial charge in [-0.1, -0.05) is 12.1 Å². The van der Waals surface area contributed by atoms with Crippen LogP contribution in [0.2, 0.25) is 0 Å². The van der Waals surface area contributed by atoms with E-state index in [1.807, 2.05) is 45.0 Å². The molecule has 0 amide bonds. The van der Waals surface area contributed by atoms with Crippen LogP contribution < -0.4 is 0 Å². The Balaban J connectivity index is 2.36. The van der Waals surface area contributed by atoms with Gasteiger partial charge in [-0.15, -0.1) is 0 Å². The van der Waals surface area contributed by atoms with Crippen molar-refractivity contribution in [3.63, 3.8) is 0 Å². The normalized spacial score (nSPS) is 11.1. The van der Waals surface area contributed by atoms with Crippen molar-refractivity contribution >= 4 is 10.9 Å². The van der Waals surface area contributed by atoms with Gasteiger partial charge in [0.15, 0.2) is 0 Å². The predicted molar refractivity (Wildman–Crippen MR) is 83.9 cm³/mol. The Labute approximate surface area is 123 Å². The van der Waals surface area contributed by atoms with Crippen molar-refractivity contribution in [3.8, 4) is 11.3 Å². The molecule has 0 aliphatic carbocycles.